The predicted molar refractivity (Wildman–Crippen MR) is 48.5 cm³/mol. The van der Waals surface area contributed by atoms with E-state index < -0.39 is 0 Å². The van der Waals surface area contributed by atoms with Crippen molar-refractivity contribution in [1.82, 2.24) is 10.2 Å². The number of rotatable bonds is 0. The minimum absolute atomic E-state index is 0.168. The van der Waals surface area contributed by atoms with E-state index >= 15 is 0 Å². The van der Waals surface area contributed by atoms with Crippen LogP contribution in [0.2, 0.25) is 0 Å². The van der Waals surface area contributed by atoms with E-state index in [0.29, 0.717) is 12.0 Å². The fourth-order valence-corrected chi connectivity index (χ4v) is 2.41. The number of hydrogen-bond donors (Lipinski definition) is 1. The zero-order valence-electron chi connectivity index (χ0n) is 7.95. The van der Waals surface area contributed by atoms with Crippen molar-refractivity contribution in [2.24, 2.45) is 5.92 Å². The number of carbonyl (C=O) groups excluding carboxylic acids is 1. The summed E-state index contributed by atoms with van der Waals surface area (Å²) < 4.78 is 4.76. The molecule has 2 saturated heterocycles. The molecule has 2 aliphatic heterocycles. The number of nitrogens with one attached hydrogen (secondary N) is 1. The second-order valence-electron chi connectivity index (χ2n) is 3.79. The van der Waals surface area contributed by atoms with Crippen molar-refractivity contribution in [3.63, 3.8) is 0 Å². The van der Waals surface area contributed by atoms with Gasteiger partial charge in [-0.3, -0.25) is 0 Å². The number of methoxy groups -OCH3 is 1. The Morgan fingerprint density at radius 1 is 1.54 bits per heavy atom. The van der Waals surface area contributed by atoms with E-state index in [-0.39, 0.29) is 6.09 Å². The molecule has 0 saturated carbocycles. The molecule has 1 amide bonds. The van der Waals surface area contributed by atoms with Crippen LogP contribution in [-0.4, -0.2) is 43.8 Å². The summed E-state index contributed by atoms with van der Waals surface area (Å²) in [7, 11) is 1.45. The average molecular weight is 184 g/mol. The highest BCUT2D eigenvalue weighted by Crippen LogP contribution is 2.26. The summed E-state index contributed by atoms with van der Waals surface area (Å²) in [6.07, 6.45) is 2.18. The molecule has 2 atom stereocenters. The van der Waals surface area contributed by atoms with Crippen LogP contribution in [0.4, 0.5) is 4.79 Å². The van der Waals surface area contributed by atoms with Crippen molar-refractivity contribution >= 4 is 6.09 Å². The lowest BCUT2D eigenvalue weighted by molar-refractivity contribution is 0.0811. The molecule has 13 heavy (non-hydrogen) atoms. The van der Waals surface area contributed by atoms with E-state index in [1.165, 1.54) is 13.5 Å². The minimum Gasteiger partial charge on any atom is -0.453 e. The van der Waals surface area contributed by atoms with Crippen molar-refractivity contribution in [3.05, 3.63) is 0 Å². The Morgan fingerprint density at radius 2 is 2.38 bits per heavy atom. The maximum absolute atomic E-state index is 11.4. The van der Waals surface area contributed by atoms with Gasteiger partial charge in [-0.2, -0.15) is 0 Å². The minimum atomic E-state index is -0.168. The van der Waals surface area contributed by atoms with Crippen LogP contribution in [0.3, 0.4) is 0 Å². The van der Waals surface area contributed by atoms with E-state index in [1.807, 2.05) is 4.90 Å². The molecule has 0 aliphatic carbocycles. The molecule has 0 aromatic heterocycles. The Bertz CT molecular complexity index is 208. The Balaban J connectivity index is 2.05. The normalized spacial score (nSPS) is 32.8. The van der Waals surface area contributed by atoms with Gasteiger partial charge in [-0.25, -0.2) is 4.79 Å². The topological polar surface area (TPSA) is 41.6 Å². The average Bonchev–Trinajstić information content (AvgIpc) is 2.63. The molecule has 74 valence electrons. The van der Waals surface area contributed by atoms with Crippen LogP contribution in [0.25, 0.3) is 0 Å². The van der Waals surface area contributed by atoms with Gasteiger partial charge in [-0.15, -0.1) is 0 Å². The van der Waals surface area contributed by atoms with Gasteiger partial charge in [0.15, 0.2) is 0 Å². The predicted octanol–water partition coefficient (Wildman–Crippen LogP) is 0.437. The monoisotopic (exact) mass is 184 g/mol. The van der Waals surface area contributed by atoms with Crippen molar-refractivity contribution in [1.29, 1.82) is 0 Å². The Labute approximate surface area is 78.2 Å². The summed E-state index contributed by atoms with van der Waals surface area (Å²) in [6, 6.07) is 0.376. The van der Waals surface area contributed by atoms with E-state index in [0.717, 1.165) is 26.1 Å². The molecule has 0 bridgehead atoms. The number of carbonyl (C=O) groups is 1. The summed E-state index contributed by atoms with van der Waals surface area (Å²) in [6.45, 7) is 2.84. The van der Waals surface area contributed by atoms with Crippen LogP contribution in [0, 0.1) is 5.92 Å². The number of ether oxygens (including phenoxy) is 1. The molecule has 2 aliphatic rings. The molecule has 4 nitrogen and oxygen atoms in total. The molecule has 2 heterocycles. The standard InChI is InChI=1S/C9H16N2O2/c1-13-9(12)11-4-2-3-7-5-10-6-8(7)11/h7-8,10H,2-6H2,1H3/t7-,8+/m0/s1. The van der Waals surface area contributed by atoms with Gasteiger partial charge < -0.3 is 15.0 Å². The summed E-state index contributed by atoms with van der Waals surface area (Å²) in [5.74, 6) is 0.646. The number of likely N-dealkylation sites (tertiary alicyclic amines) is 1. The second kappa shape index (κ2) is 3.54. The third-order valence-corrected chi connectivity index (χ3v) is 3.09. The highest BCUT2D eigenvalue weighted by molar-refractivity contribution is 5.68. The van der Waals surface area contributed by atoms with E-state index in [9.17, 15) is 4.79 Å². The number of piperidine rings is 1. The second-order valence-corrected chi connectivity index (χ2v) is 3.79. The molecule has 0 aromatic carbocycles. The van der Waals surface area contributed by atoms with Crippen molar-refractivity contribution < 1.29 is 9.53 Å². The van der Waals surface area contributed by atoms with Crippen LogP contribution >= 0.6 is 0 Å². The van der Waals surface area contributed by atoms with E-state index in [2.05, 4.69) is 5.32 Å². The maximum atomic E-state index is 11.4. The number of hydrogen-bond acceptors (Lipinski definition) is 3. The number of amides is 1. The van der Waals surface area contributed by atoms with E-state index in [4.69, 9.17) is 4.74 Å². The maximum Gasteiger partial charge on any atom is 0.409 e. The molecule has 0 spiro atoms. The fraction of sp³-hybridized carbons (Fsp3) is 0.889. The van der Waals surface area contributed by atoms with Gasteiger partial charge in [-0.05, 0) is 18.8 Å². The fourth-order valence-electron chi connectivity index (χ4n) is 2.41. The van der Waals surface area contributed by atoms with Crippen LogP contribution in [-0.2, 0) is 4.74 Å². The first kappa shape index (κ1) is 8.81. The third kappa shape index (κ3) is 1.50. The highest BCUT2D eigenvalue weighted by atomic mass is 16.5. The third-order valence-electron chi connectivity index (χ3n) is 3.09. The van der Waals surface area contributed by atoms with Gasteiger partial charge in [0.05, 0.1) is 13.2 Å². The Hall–Kier alpha value is -0.770. The molecule has 2 rings (SSSR count). The van der Waals surface area contributed by atoms with Gasteiger partial charge >= 0.3 is 6.09 Å². The molecule has 4 heteroatoms. The first-order valence-corrected chi connectivity index (χ1v) is 4.88. The molecule has 0 radical (unpaired) electrons. The summed E-state index contributed by atoms with van der Waals surface area (Å²) in [4.78, 5) is 13.3. The van der Waals surface area contributed by atoms with Crippen LogP contribution in [0.15, 0.2) is 0 Å². The van der Waals surface area contributed by atoms with Gasteiger partial charge in [0.2, 0.25) is 0 Å². The van der Waals surface area contributed by atoms with Gasteiger partial charge in [0.1, 0.15) is 0 Å². The van der Waals surface area contributed by atoms with Crippen molar-refractivity contribution in [3.8, 4) is 0 Å². The molecule has 0 aromatic rings. The first-order chi connectivity index (χ1) is 6.33. The molecule has 0 unspecified atom stereocenters. The molecule has 1 N–H and O–H groups in total. The van der Waals surface area contributed by atoms with Crippen molar-refractivity contribution in [2.45, 2.75) is 18.9 Å². The largest absolute Gasteiger partial charge is 0.453 e. The molecule has 2 fully saturated rings. The SMILES string of the molecule is COC(=O)N1CCC[C@H]2CNC[C@H]21. The quantitative estimate of drug-likeness (QED) is 0.594. The summed E-state index contributed by atoms with van der Waals surface area (Å²) >= 11 is 0. The van der Waals surface area contributed by atoms with Gasteiger partial charge in [0, 0.05) is 19.6 Å². The first-order valence-electron chi connectivity index (χ1n) is 4.88. The lowest BCUT2D eigenvalue weighted by Crippen LogP contribution is -2.48. The lowest BCUT2D eigenvalue weighted by atomic mass is 9.92. The zero-order valence-corrected chi connectivity index (χ0v) is 7.95. The number of nitrogens with zero attached hydrogens (tertiary/aromatic N) is 1. The van der Waals surface area contributed by atoms with Crippen molar-refractivity contribution in [2.75, 3.05) is 26.7 Å². The van der Waals surface area contributed by atoms with Crippen LogP contribution in [0.5, 0.6) is 0 Å². The Morgan fingerprint density at radius 3 is 3.15 bits per heavy atom. The van der Waals surface area contributed by atoms with E-state index in [1.54, 1.807) is 0 Å². The lowest BCUT2D eigenvalue weighted by Gasteiger charge is -2.35. The van der Waals surface area contributed by atoms with Gasteiger partial charge in [0.25, 0.3) is 0 Å². The smallest absolute Gasteiger partial charge is 0.409 e. The van der Waals surface area contributed by atoms with Crippen LogP contribution < -0.4 is 5.32 Å². The zero-order chi connectivity index (χ0) is 9.26. The molecular weight excluding hydrogens is 168 g/mol. The summed E-state index contributed by atoms with van der Waals surface area (Å²) in [5, 5.41) is 3.32. The molecular formula is C9H16N2O2. The summed E-state index contributed by atoms with van der Waals surface area (Å²) in [5.41, 5.74) is 0. The Kier molecular flexibility index (Phi) is 2.40. The highest BCUT2D eigenvalue weighted by Gasteiger charge is 2.37. The van der Waals surface area contributed by atoms with Crippen LogP contribution in [0.1, 0.15) is 12.8 Å². The van der Waals surface area contributed by atoms with Gasteiger partial charge in [-0.1, -0.05) is 0 Å². The number of fused-ring (bicyclic) bond motifs is 1.